The number of anilines is 1. The summed E-state index contributed by atoms with van der Waals surface area (Å²) in [4.78, 5) is 26.5. The van der Waals surface area contributed by atoms with Crippen molar-refractivity contribution < 1.29 is 18.7 Å². The Morgan fingerprint density at radius 1 is 1.29 bits per heavy atom. The van der Waals surface area contributed by atoms with Crippen molar-refractivity contribution >= 4 is 17.5 Å². The number of rotatable bonds is 5. The number of benzene rings is 1. The number of likely N-dealkylation sites (tertiary alicyclic amines) is 1. The Balaban J connectivity index is 1.66. The van der Waals surface area contributed by atoms with Crippen LogP contribution in [0.15, 0.2) is 47.1 Å². The van der Waals surface area contributed by atoms with E-state index in [1.54, 1.807) is 41.3 Å². The van der Waals surface area contributed by atoms with Crippen LogP contribution in [-0.4, -0.2) is 35.9 Å². The van der Waals surface area contributed by atoms with E-state index in [2.05, 4.69) is 5.32 Å². The van der Waals surface area contributed by atoms with Crippen molar-refractivity contribution in [3.05, 3.63) is 48.4 Å². The molecule has 0 bridgehead atoms. The Hall–Kier alpha value is -2.76. The molecule has 24 heavy (non-hydrogen) atoms. The summed E-state index contributed by atoms with van der Waals surface area (Å²) in [5, 5.41) is 2.86. The highest BCUT2D eigenvalue weighted by Gasteiger charge is 2.35. The van der Waals surface area contributed by atoms with Crippen molar-refractivity contribution in [1.29, 1.82) is 0 Å². The van der Waals surface area contributed by atoms with Gasteiger partial charge in [0.1, 0.15) is 11.8 Å². The van der Waals surface area contributed by atoms with Gasteiger partial charge in [-0.15, -0.1) is 0 Å². The highest BCUT2D eigenvalue weighted by molar-refractivity contribution is 6.00. The normalized spacial score (nSPS) is 16.9. The lowest BCUT2D eigenvalue weighted by Crippen LogP contribution is -2.43. The topological polar surface area (TPSA) is 71.8 Å². The van der Waals surface area contributed by atoms with Gasteiger partial charge in [0.15, 0.2) is 5.76 Å². The van der Waals surface area contributed by atoms with E-state index in [-0.39, 0.29) is 17.6 Å². The fourth-order valence-corrected chi connectivity index (χ4v) is 2.85. The monoisotopic (exact) mass is 328 g/mol. The van der Waals surface area contributed by atoms with Crippen molar-refractivity contribution in [2.75, 3.05) is 18.5 Å². The first-order valence-electron chi connectivity index (χ1n) is 8.07. The second-order valence-corrected chi connectivity index (χ2v) is 5.58. The van der Waals surface area contributed by atoms with Gasteiger partial charge in [-0.2, -0.15) is 0 Å². The van der Waals surface area contributed by atoms with Crippen LogP contribution >= 0.6 is 0 Å². The average molecular weight is 328 g/mol. The van der Waals surface area contributed by atoms with Gasteiger partial charge in [0.05, 0.1) is 12.9 Å². The molecule has 0 radical (unpaired) electrons. The summed E-state index contributed by atoms with van der Waals surface area (Å²) in [5.41, 5.74) is 0.681. The molecular weight excluding hydrogens is 308 g/mol. The van der Waals surface area contributed by atoms with Gasteiger partial charge in [-0.1, -0.05) is 0 Å². The number of furan rings is 1. The molecule has 6 heteroatoms. The molecule has 2 aromatic rings. The Labute approximate surface area is 140 Å². The van der Waals surface area contributed by atoms with Crippen molar-refractivity contribution in [1.82, 2.24) is 4.90 Å². The maximum Gasteiger partial charge on any atom is 0.290 e. The zero-order valence-corrected chi connectivity index (χ0v) is 13.5. The molecule has 0 saturated carbocycles. The van der Waals surface area contributed by atoms with Crippen LogP contribution in [0, 0.1) is 0 Å². The molecule has 0 aliphatic carbocycles. The van der Waals surface area contributed by atoms with Gasteiger partial charge in [0.25, 0.3) is 5.91 Å². The smallest absolute Gasteiger partial charge is 0.290 e. The van der Waals surface area contributed by atoms with Gasteiger partial charge in [-0.25, -0.2) is 0 Å². The third-order valence-corrected chi connectivity index (χ3v) is 3.98. The van der Waals surface area contributed by atoms with Crippen LogP contribution in [-0.2, 0) is 4.79 Å². The molecule has 1 N–H and O–H groups in total. The van der Waals surface area contributed by atoms with Gasteiger partial charge in [-0.05, 0) is 56.2 Å². The van der Waals surface area contributed by atoms with E-state index in [0.29, 0.717) is 25.3 Å². The van der Waals surface area contributed by atoms with E-state index >= 15 is 0 Å². The fraction of sp³-hybridized carbons (Fsp3) is 0.333. The van der Waals surface area contributed by atoms with Crippen molar-refractivity contribution in [2.45, 2.75) is 25.8 Å². The van der Waals surface area contributed by atoms with Crippen LogP contribution in [0.2, 0.25) is 0 Å². The highest BCUT2D eigenvalue weighted by atomic mass is 16.5. The summed E-state index contributed by atoms with van der Waals surface area (Å²) in [6, 6.07) is 9.99. The van der Waals surface area contributed by atoms with Gasteiger partial charge in [0, 0.05) is 12.2 Å². The molecule has 1 aromatic carbocycles. The van der Waals surface area contributed by atoms with E-state index in [1.807, 2.05) is 6.92 Å². The third-order valence-electron chi connectivity index (χ3n) is 3.98. The van der Waals surface area contributed by atoms with Gasteiger partial charge in [0.2, 0.25) is 5.91 Å². The predicted molar refractivity (Wildman–Crippen MR) is 89.0 cm³/mol. The van der Waals surface area contributed by atoms with E-state index < -0.39 is 6.04 Å². The number of carbonyl (C=O) groups is 2. The number of nitrogens with one attached hydrogen (secondary N) is 1. The lowest BCUT2D eigenvalue weighted by molar-refractivity contribution is -0.119. The fourth-order valence-electron chi connectivity index (χ4n) is 2.85. The van der Waals surface area contributed by atoms with Gasteiger partial charge in [-0.3, -0.25) is 9.59 Å². The molecule has 1 aliphatic rings. The van der Waals surface area contributed by atoms with Crippen LogP contribution < -0.4 is 10.1 Å². The molecular formula is C18H20N2O4. The van der Waals surface area contributed by atoms with Gasteiger partial charge < -0.3 is 19.4 Å². The first-order chi connectivity index (χ1) is 11.7. The molecule has 3 rings (SSSR count). The second kappa shape index (κ2) is 7.21. The molecule has 1 saturated heterocycles. The maximum atomic E-state index is 12.5. The number of hydrogen-bond donors (Lipinski definition) is 1. The maximum absolute atomic E-state index is 12.5. The van der Waals surface area contributed by atoms with Crippen LogP contribution in [0.25, 0.3) is 0 Å². The van der Waals surface area contributed by atoms with Crippen molar-refractivity contribution in [2.24, 2.45) is 0 Å². The number of carbonyl (C=O) groups excluding carboxylic acids is 2. The number of hydrogen-bond acceptors (Lipinski definition) is 4. The first-order valence-corrected chi connectivity index (χ1v) is 8.07. The predicted octanol–water partition coefficient (Wildman–Crippen LogP) is 2.92. The third kappa shape index (κ3) is 3.42. The molecule has 0 spiro atoms. The minimum atomic E-state index is -0.478. The molecule has 1 aromatic heterocycles. The Morgan fingerprint density at radius 3 is 2.75 bits per heavy atom. The van der Waals surface area contributed by atoms with Crippen molar-refractivity contribution in [3.63, 3.8) is 0 Å². The molecule has 1 atom stereocenters. The SMILES string of the molecule is CCOc1ccc(NC(=O)[C@@H]2CCCN2C(=O)c2ccco2)cc1. The zero-order chi connectivity index (χ0) is 16.9. The number of ether oxygens (including phenoxy) is 1. The lowest BCUT2D eigenvalue weighted by Gasteiger charge is -2.23. The summed E-state index contributed by atoms with van der Waals surface area (Å²) >= 11 is 0. The lowest BCUT2D eigenvalue weighted by atomic mass is 10.2. The minimum absolute atomic E-state index is 0.184. The summed E-state index contributed by atoms with van der Waals surface area (Å²) in [7, 11) is 0. The van der Waals surface area contributed by atoms with E-state index in [1.165, 1.54) is 6.26 Å². The van der Waals surface area contributed by atoms with E-state index in [9.17, 15) is 9.59 Å². The Bertz CT molecular complexity index is 694. The first kappa shape index (κ1) is 16.1. The van der Waals surface area contributed by atoms with E-state index in [4.69, 9.17) is 9.15 Å². The molecule has 126 valence electrons. The zero-order valence-electron chi connectivity index (χ0n) is 13.5. The minimum Gasteiger partial charge on any atom is -0.494 e. The standard InChI is InChI=1S/C18H20N2O4/c1-2-23-14-9-7-13(8-10-14)19-17(21)15-5-3-11-20(15)18(22)16-6-4-12-24-16/h4,6-10,12,15H,2-3,5,11H2,1H3,(H,19,21)/t15-/m0/s1. The molecule has 1 fully saturated rings. The van der Waals surface area contributed by atoms with Crippen LogP contribution in [0.5, 0.6) is 5.75 Å². The van der Waals surface area contributed by atoms with Crippen LogP contribution in [0.4, 0.5) is 5.69 Å². The Morgan fingerprint density at radius 2 is 2.08 bits per heavy atom. The average Bonchev–Trinajstić information content (AvgIpc) is 3.28. The molecule has 1 aliphatic heterocycles. The number of nitrogens with zero attached hydrogens (tertiary/aromatic N) is 1. The summed E-state index contributed by atoms with van der Waals surface area (Å²) in [6.45, 7) is 3.07. The molecule has 2 amide bonds. The summed E-state index contributed by atoms with van der Waals surface area (Å²) in [5.74, 6) is 0.586. The van der Waals surface area contributed by atoms with Crippen LogP contribution in [0.3, 0.4) is 0 Å². The highest BCUT2D eigenvalue weighted by Crippen LogP contribution is 2.23. The largest absolute Gasteiger partial charge is 0.494 e. The quantitative estimate of drug-likeness (QED) is 0.916. The molecule has 2 heterocycles. The molecule has 6 nitrogen and oxygen atoms in total. The van der Waals surface area contributed by atoms with Crippen molar-refractivity contribution in [3.8, 4) is 5.75 Å². The number of amides is 2. The van der Waals surface area contributed by atoms with Gasteiger partial charge >= 0.3 is 0 Å². The van der Waals surface area contributed by atoms with Crippen LogP contribution in [0.1, 0.15) is 30.3 Å². The van der Waals surface area contributed by atoms with E-state index in [0.717, 1.165) is 12.2 Å². The second-order valence-electron chi connectivity index (χ2n) is 5.58. The molecule has 0 unspecified atom stereocenters. The summed E-state index contributed by atoms with van der Waals surface area (Å²) < 4.78 is 10.5. The Kier molecular flexibility index (Phi) is 4.84. The summed E-state index contributed by atoms with van der Waals surface area (Å²) in [6.07, 6.45) is 2.90.